The summed E-state index contributed by atoms with van der Waals surface area (Å²) in [4.78, 5) is 13.5. The lowest BCUT2D eigenvalue weighted by Gasteiger charge is -2.20. The summed E-state index contributed by atoms with van der Waals surface area (Å²) in [6.07, 6.45) is -0.308. The van der Waals surface area contributed by atoms with E-state index in [-0.39, 0.29) is 18.2 Å². The van der Waals surface area contributed by atoms with Crippen LogP contribution in [-0.4, -0.2) is 51.3 Å². The summed E-state index contributed by atoms with van der Waals surface area (Å²) in [5, 5.41) is 2.53. The third-order valence-electron chi connectivity index (χ3n) is 3.66. The lowest BCUT2D eigenvalue weighted by atomic mass is 10.1. The molecule has 1 N–H and O–H groups in total. The van der Waals surface area contributed by atoms with E-state index in [9.17, 15) is 26.4 Å². The monoisotopic (exact) mass is 438 g/mol. The maximum absolute atomic E-state index is 12.3. The van der Waals surface area contributed by atoms with Gasteiger partial charge in [-0.25, -0.2) is 0 Å². The average molecular weight is 438 g/mol. The van der Waals surface area contributed by atoms with E-state index in [2.05, 4.69) is 9.50 Å². The molecule has 0 aliphatic rings. The molecule has 164 valence electrons. The molecule has 7 nitrogen and oxygen atoms in total. The summed E-state index contributed by atoms with van der Waals surface area (Å²) in [5.41, 5.74) is 0.668. The van der Waals surface area contributed by atoms with E-state index in [1.165, 1.54) is 32.4 Å². The number of allylic oxidation sites excluding steroid dienone is 2. The van der Waals surface area contributed by atoms with Gasteiger partial charge in [0.2, 0.25) is 5.91 Å². The van der Waals surface area contributed by atoms with Crippen molar-refractivity contribution in [2.75, 3.05) is 25.9 Å². The predicted molar refractivity (Wildman–Crippen MR) is 101 cm³/mol. The number of amides is 1. The fourth-order valence-corrected chi connectivity index (χ4v) is 3.20. The van der Waals surface area contributed by atoms with E-state index in [4.69, 9.17) is 4.42 Å². The molecule has 0 spiro atoms. The largest absolute Gasteiger partial charge is 0.468 e. The number of rotatable bonds is 11. The first-order valence-electron chi connectivity index (χ1n) is 8.72. The molecule has 0 aromatic carbocycles. The highest BCUT2D eigenvalue weighted by Crippen LogP contribution is 2.21. The van der Waals surface area contributed by atoms with Crippen LogP contribution in [0.25, 0.3) is 0 Å². The maximum Gasteiger partial charge on any atom is 0.406 e. The van der Waals surface area contributed by atoms with E-state index in [1.807, 2.05) is 4.90 Å². The quantitative estimate of drug-likeness (QED) is 0.325. The smallest absolute Gasteiger partial charge is 0.406 e. The minimum absolute atomic E-state index is 0.122. The SMILES string of the molecule is C/C=C(\C=C(/C)CCN(CC(=O)NC)Cc1ccco1)OS(=O)(=O)CC(F)(F)F. The molecule has 0 fully saturated rings. The summed E-state index contributed by atoms with van der Waals surface area (Å²) in [6, 6.07) is 3.51. The fraction of sp³-hybridized carbons (Fsp3) is 0.500. The number of nitrogens with zero attached hydrogens (tertiary/aromatic N) is 1. The van der Waals surface area contributed by atoms with Crippen LogP contribution < -0.4 is 5.32 Å². The van der Waals surface area contributed by atoms with Crippen LogP contribution in [0.4, 0.5) is 13.2 Å². The molecule has 0 radical (unpaired) electrons. The van der Waals surface area contributed by atoms with Crippen molar-refractivity contribution in [3.05, 3.63) is 47.6 Å². The van der Waals surface area contributed by atoms with Crippen LogP contribution in [0.5, 0.6) is 0 Å². The van der Waals surface area contributed by atoms with Gasteiger partial charge in [-0.1, -0.05) is 5.57 Å². The Hall–Kier alpha value is -2.27. The van der Waals surface area contributed by atoms with Gasteiger partial charge in [0, 0.05) is 13.6 Å². The molecule has 0 saturated heterocycles. The Morgan fingerprint density at radius 2 is 2.07 bits per heavy atom. The Labute approximate surface area is 168 Å². The van der Waals surface area contributed by atoms with Crippen molar-refractivity contribution in [1.82, 2.24) is 10.2 Å². The molecule has 1 heterocycles. The fourth-order valence-electron chi connectivity index (χ4n) is 2.30. The molecular formula is C18H25F3N2O5S. The second-order valence-corrected chi connectivity index (χ2v) is 7.87. The van der Waals surface area contributed by atoms with Gasteiger partial charge >= 0.3 is 16.3 Å². The van der Waals surface area contributed by atoms with E-state index >= 15 is 0 Å². The molecule has 0 saturated carbocycles. The second kappa shape index (κ2) is 11.1. The zero-order valence-electron chi connectivity index (χ0n) is 16.5. The Bertz CT molecular complexity index is 815. The van der Waals surface area contributed by atoms with Crippen molar-refractivity contribution in [2.24, 2.45) is 0 Å². The molecule has 0 aliphatic heterocycles. The summed E-state index contributed by atoms with van der Waals surface area (Å²) >= 11 is 0. The van der Waals surface area contributed by atoms with Gasteiger partial charge < -0.3 is 13.9 Å². The van der Waals surface area contributed by atoms with Crippen molar-refractivity contribution in [1.29, 1.82) is 0 Å². The van der Waals surface area contributed by atoms with Crippen LogP contribution in [0.2, 0.25) is 0 Å². The van der Waals surface area contributed by atoms with Gasteiger partial charge in [0.25, 0.3) is 0 Å². The Morgan fingerprint density at radius 1 is 1.38 bits per heavy atom. The highest BCUT2D eigenvalue weighted by Gasteiger charge is 2.36. The number of alkyl halides is 3. The molecule has 11 heteroatoms. The Balaban J connectivity index is 2.74. The third-order valence-corrected chi connectivity index (χ3v) is 4.79. The minimum Gasteiger partial charge on any atom is -0.468 e. The Morgan fingerprint density at radius 3 is 2.59 bits per heavy atom. The molecule has 1 amide bonds. The second-order valence-electron chi connectivity index (χ2n) is 6.30. The van der Waals surface area contributed by atoms with Gasteiger partial charge in [-0.15, -0.1) is 0 Å². The Kier molecular flexibility index (Phi) is 9.44. The number of carbonyl (C=O) groups is 1. The van der Waals surface area contributed by atoms with Gasteiger partial charge in [-0.05, 0) is 44.6 Å². The lowest BCUT2D eigenvalue weighted by molar-refractivity contribution is -0.122. The number of likely N-dealkylation sites (N-methyl/N-ethyl adjacent to an activating group) is 1. The van der Waals surface area contributed by atoms with Gasteiger partial charge in [0.05, 0.1) is 19.4 Å². The van der Waals surface area contributed by atoms with E-state index in [1.54, 1.807) is 19.1 Å². The predicted octanol–water partition coefficient (Wildman–Crippen LogP) is 2.98. The highest BCUT2D eigenvalue weighted by molar-refractivity contribution is 7.86. The first-order valence-corrected chi connectivity index (χ1v) is 10.3. The standard InChI is InChI=1S/C18H25F3N2O5S/c1-4-15(28-29(25,26)13-18(19,20)21)10-14(2)7-8-23(12-17(24)22-3)11-16-6-5-9-27-16/h4-6,9-10H,7-8,11-13H2,1-3H3,(H,22,24)/b14-10+,15-4+. The molecule has 1 rings (SSSR count). The number of hydrogen-bond acceptors (Lipinski definition) is 6. The van der Waals surface area contributed by atoms with E-state index in [0.717, 1.165) is 0 Å². The lowest BCUT2D eigenvalue weighted by Crippen LogP contribution is -2.35. The summed E-state index contributed by atoms with van der Waals surface area (Å²) in [6.45, 7) is 4.09. The number of hydrogen-bond donors (Lipinski definition) is 1. The van der Waals surface area contributed by atoms with Crippen LogP contribution in [0, 0.1) is 0 Å². The average Bonchev–Trinajstić information content (AvgIpc) is 3.09. The van der Waals surface area contributed by atoms with Crippen molar-refractivity contribution >= 4 is 16.0 Å². The van der Waals surface area contributed by atoms with E-state index < -0.39 is 22.0 Å². The number of carbonyl (C=O) groups excluding carboxylic acids is 1. The van der Waals surface area contributed by atoms with Crippen LogP contribution in [0.15, 0.2) is 46.3 Å². The number of halogens is 3. The van der Waals surface area contributed by atoms with Crippen LogP contribution >= 0.6 is 0 Å². The highest BCUT2D eigenvalue weighted by atomic mass is 32.2. The van der Waals surface area contributed by atoms with Crippen LogP contribution in [0.1, 0.15) is 26.0 Å². The third kappa shape index (κ3) is 10.7. The van der Waals surface area contributed by atoms with Crippen molar-refractivity contribution < 1.29 is 35.0 Å². The summed E-state index contributed by atoms with van der Waals surface area (Å²) in [7, 11) is -3.27. The first-order chi connectivity index (χ1) is 13.4. The van der Waals surface area contributed by atoms with Crippen LogP contribution in [0.3, 0.4) is 0 Å². The first kappa shape index (κ1) is 24.8. The van der Waals surface area contributed by atoms with Gasteiger partial charge in [0.1, 0.15) is 11.5 Å². The molecule has 0 aliphatic carbocycles. The minimum atomic E-state index is -4.89. The van der Waals surface area contributed by atoms with Gasteiger partial charge in [-0.3, -0.25) is 9.69 Å². The molecule has 0 bridgehead atoms. The van der Waals surface area contributed by atoms with Crippen LogP contribution in [-0.2, 0) is 25.6 Å². The normalized spacial score (nSPS) is 13.6. The molecule has 1 aromatic heterocycles. The zero-order chi connectivity index (χ0) is 22.1. The molecule has 1 aromatic rings. The van der Waals surface area contributed by atoms with Crippen molar-refractivity contribution in [3.63, 3.8) is 0 Å². The molecule has 0 unspecified atom stereocenters. The molecule has 29 heavy (non-hydrogen) atoms. The molecule has 0 atom stereocenters. The molecular weight excluding hydrogens is 413 g/mol. The maximum atomic E-state index is 12.3. The topological polar surface area (TPSA) is 88.8 Å². The van der Waals surface area contributed by atoms with Crippen molar-refractivity contribution in [3.8, 4) is 0 Å². The zero-order valence-corrected chi connectivity index (χ0v) is 17.3. The van der Waals surface area contributed by atoms with Gasteiger partial charge in [0.15, 0.2) is 5.75 Å². The summed E-state index contributed by atoms with van der Waals surface area (Å²) in [5.74, 6) is -1.77. The van der Waals surface area contributed by atoms with E-state index in [0.29, 0.717) is 30.8 Å². The number of furan rings is 1. The summed E-state index contributed by atoms with van der Waals surface area (Å²) < 4.78 is 69.9. The van der Waals surface area contributed by atoms with Gasteiger partial charge in [-0.2, -0.15) is 21.6 Å². The van der Waals surface area contributed by atoms with Crippen molar-refractivity contribution in [2.45, 2.75) is 33.0 Å². The number of nitrogens with one attached hydrogen (secondary N) is 1.